The first-order valence-corrected chi connectivity index (χ1v) is 13.1. The molecule has 0 aliphatic heterocycles. The maximum Gasteiger partial charge on any atom is 0.0493 e. The number of nitrogens with zero attached hydrogens (tertiary/aromatic N) is 1. The Morgan fingerprint density at radius 1 is 0.774 bits per heavy atom. The fourth-order valence-corrected chi connectivity index (χ4v) is 8.30. The number of aryl methyl sites for hydroxylation is 6. The van der Waals surface area contributed by atoms with Crippen LogP contribution >= 0.6 is 17.5 Å². The lowest BCUT2D eigenvalue weighted by molar-refractivity contribution is 0.770. The third kappa shape index (κ3) is 5.97. The second-order valence-electron chi connectivity index (χ2n) is 9.37. The first-order chi connectivity index (χ1) is 14.6. The van der Waals surface area contributed by atoms with Gasteiger partial charge in [-0.1, -0.05) is 97.6 Å². The van der Waals surface area contributed by atoms with E-state index in [-0.39, 0.29) is 5.16 Å². The largest absolute Gasteiger partial charge is 0.329 e. The predicted molar refractivity (Wildman–Crippen MR) is 144 cm³/mol. The summed E-state index contributed by atoms with van der Waals surface area (Å²) >= 11 is 0. The highest BCUT2D eigenvalue weighted by molar-refractivity contribution is 7.64. The lowest BCUT2D eigenvalue weighted by Crippen LogP contribution is -2.20. The van der Waals surface area contributed by atoms with Crippen LogP contribution in [0.1, 0.15) is 59.7 Å². The van der Waals surface area contributed by atoms with E-state index in [4.69, 9.17) is 0 Å². The van der Waals surface area contributed by atoms with Crippen LogP contribution in [-0.4, -0.2) is 0 Å². The number of benzene rings is 3. The van der Waals surface area contributed by atoms with Crippen molar-refractivity contribution >= 4 is 28.5 Å². The van der Waals surface area contributed by atoms with Crippen LogP contribution in [0.25, 0.3) is 0 Å². The lowest BCUT2D eigenvalue weighted by Gasteiger charge is -2.36. The van der Waals surface area contributed by atoms with Gasteiger partial charge in [0.1, 0.15) is 0 Å². The van der Waals surface area contributed by atoms with Gasteiger partial charge in [0, 0.05) is 19.6 Å². The average Bonchev–Trinajstić information content (AvgIpc) is 2.65. The number of hydrogen-bond acceptors (Lipinski definition) is 1. The molecule has 0 bridgehead atoms. The summed E-state index contributed by atoms with van der Waals surface area (Å²) in [5, 5.41) is 1.49. The van der Waals surface area contributed by atoms with Crippen LogP contribution in [0.5, 0.6) is 0 Å². The van der Waals surface area contributed by atoms with Gasteiger partial charge in [-0.3, -0.25) is 0 Å². The van der Waals surface area contributed by atoms with Crippen molar-refractivity contribution in [3.63, 3.8) is 0 Å². The van der Waals surface area contributed by atoms with Crippen molar-refractivity contribution in [1.29, 1.82) is 0 Å². The lowest BCUT2D eigenvalue weighted by atomic mass is 9.98. The van der Waals surface area contributed by atoms with E-state index in [0.29, 0.717) is 17.5 Å². The molecule has 164 valence electrons. The van der Waals surface area contributed by atoms with Crippen LogP contribution in [0.3, 0.4) is 0 Å². The molecule has 3 aromatic rings. The zero-order valence-electron chi connectivity index (χ0n) is 20.4. The van der Waals surface area contributed by atoms with Crippen LogP contribution in [0, 0.1) is 34.6 Å². The molecule has 3 aromatic carbocycles. The summed E-state index contributed by atoms with van der Waals surface area (Å²) in [4.78, 5) is 0. The van der Waals surface area contributed by atoms with Gasteiger partial charge in [-0.05, 0) is 71.8 Å². The normalized spacial score (nSPS) is 12.4. The summed E-state index contributed by atoms with van der Waals surface area (Å²) < 4.78 is 2.68. The maximum absolute atomic E-state index is 2.68. The van der Waals surface area contributed by atoms with Gasteiger partial charge in [0.25, 0.3) is 0 Å². The van der Waals surface area contributed by atoms with Gasteiger partial charge in [-0.2, -0.15) is 0 Å². The first kappa shape index (κ1) is 24.0. The SMILES string of the molecule is CCc1cccc(C)c1N(Pc1cc(C)cc(C)c1)PC(C)(C)c1cc(C)cc(C)c1. The van der Waals surface area contributed by atoms with Gasteiger partial charge < -0.3 is 4.44 Å². The summed E-state index contributed by atoms with van der Waals surface area (Å²) in [7, 11) is 1.28. The highest BCUT2D eigenvalue weighted by atomic mass is 31.1. The molecule has 0 fully saturated rings. The van der Waals surface area contributed by atoms with E-state index >= 15 is 0 Å². The number of hydrogen-bond donors (Lipinski definition) is 0. The third-order valence-corrected chi connectivity index (χ3v) is 8.68. The average molecular weight is 450 g/mol. The molecule has 1 nitrogen and oxygen atoms in total. The molecule has 0 heterocycles. The van der Waals surface area contributed by atoms with E-state index in [9.17, 15) is 0 Å². The molecule has 0 aromatic heterocycles. The van der Waals surface area contributed by atoms with Gasteiger partial charge in [-0.25, -0.2) is 0 Å². The third-order valence-electron chi connectivity index (χ3n) is 5.72. The summed E-state index contributed by atoms with van der Waals surface area (Å²) in [6, 6.07) is 20.8. The predicted octanol–water partition coefficient (Wildman–Crippen LogP) is 8.05. The molecule has 0 radical (unpaired) electrons. The standard InChI is InChI=1S/C28H37NP2/c1-9-24-12-10-11-23(6)27(24)29(30-26-17-21(4)14-22(5)18-26)31-28(7,8)25-15-19(2)13-20(3)16-25/h10-18,30-31H,9H2,1-8H3. The van der Waals surface area contributed by atoms with E-state index in [1.165, 1.54) is 49.9 Å². The minimum absolute atomic E-state index is 0.0654. The van der Waals surface area contributed by atoms with E-state index in [1.807, 2.05) is 0 Å². The Morgan fingerprint density at radius 3 is 1.87 bits per heavy atom. The summed E-state index contributed by atoms with van der Waals surface area (Å²) in [5.74, 6) is 0. The minimum Gasteiger partial charge on any atom is -0.329 e. The zero-order valence-corrected chi connectivity index (χ0v) is 22.4. The van der Waals surface area contributed by atoms with Crippen molar-refractivity contribution in [1.82, 2.24) is 0 Å². The van der Waals surface area contributed by atoms with Crippen molar-refractivity contribution < 1.29 is 0 Å². The fourth-order valence-electron chi connectivity index (χ4n) is 4.31. The summed E-state index contributed by atoms with van der Waals surface area (Å²) in [6.45, 7) is 18.2. The molecule has 0 aliphatic rings. The summed E-state index contributed by atoms with van der Waals surface area (Å²) in [5.41, 5.74) is 11.1. The molecule has 0 N–H and O–H groups in total. The highest BCUT2D eigenvalue weighted by Crippen LogP contribution is 2.52. The van der Waals surface area contributed by atoms with Gasteiger partial charge in [-0.15, -0.1) is 0 Å². The molecule has 2 atom stereocenters. The maximum atomic E-state index is 2.68. The van der Waals surface area contributed by atoms with Crippen LogP contribution < -0.4 is 9.75 Å². The Kier molecular flexibility index (Phi) is 7.62. The molecular formula is C28H37NP2. The zero-order chi connectivity index (χ0) is 22.8. The molecule has 0 aliphatic carbocycles. The van der Waals surface area contributed by atoms with Crippen molar-refractivity contribution in [2.75, 3.05) is 4.44 Å². The van der Waals surface area contributed by atoms with Crippen molar-refractivity contribution in [3.05, 3.63) is 93.5 Å². The molecule has 0 saturated carbocycles. The van der Waals surface area contributed by atoms with Gasteiger partial charge in [0.05, 0.1) is 0 Å². The molecule has 3 heteroatoms. The number of rotatable bonds is 7. The quantitative estimate of drug-likeness (QED) is 0.330. The Bertz CT molecular complexity index is 1030. The molecular weight excluding hydrogens is 412 g/mol. The van der Waals surface area contributed by atoms with Gasteiger partial charge >= 0.3 is 0 Å². The minimum atomic E-state index is 0.0654. The molecule has 3 rings (SSSR count). The Morgan fingerprint density at radius 2 is 1.32 bits per heavy atom. The van der Waals surface area contributed by atoms with E-state index in [0.717, 1.165) is 6.42 Å². The van der Waals surface area contributed by atoms with Crippen LogP contribution in [0.15, 0.2) is 54.6 Å². The van der Waals surface area contributed by atoms with E-state index in [1.54, 1.807) is 0 Å². The van der Waals surface area contributed by atoms with E-state index in [2.05, 4.69) is 114 Å². The van der Waals surface area contributed by atoms with Crippen molar-refractivity contribution in [3.8, 4) is 0 Å². The first-order valence-electron chi connectivity index (χ1n) is 11.2. The Labute approximate surface area is 193 Å². The molecule has 0 saturated heterocycles. The van der Waals surface area contributed by atoms with Crippen LogP contribution in [-0.2, 0) is 11.6 Å². The smallest absolute Gasteiger partial charge is 0.0493 e. The summed E-state index contributed by atoms with van der Waals surface area (Å²) in [6.07, 6.45) is 1.05. The monoisotopic (exact) mass is 449 g/mol. The molecule has 0 spiro atoms. The highest BCUT2D eigenvalue weighted by Gasteiger charge is 2.27. The molecule has 0 amide bonds. The number of anilines is 1. The van der Waals surface area contributed by atoms with Crippen LogP contribution in [0.4, 0.5) is 5.69 Å². The molecule has 31 heavy (non-hydrogen) atoms. The van der Waals surface area contributed by atoms with Crippen molar-refractivity contribution in [2.24, 2.45) is 0 Å². The molecule has 2 unspecified atom stereocenters. The van der Waals surface area contributed by atoms with Gasteiger partial charge in [0.2, 0.25) is 0 Å². The van der Waals surface area contributed by atoms with E-state index < -0.39 is 0 Å². The Hall–Kier alpha value is -1.68. The van der Waals surface area contributed by atoms with Crippen molar-refractivity contribution in [2.45, 2.75) is 67.0 Å². The number of para-hydroxylation sites is 1. The Balaban J connectivity index is 2.07. The second kappa shape index (κ2) is 9.85. The van der Waals surface area contributed by atoms with Crippen LogP contribution in [0.2, 0.25) is 0 Å². The fraction of sp³-hybridized carbons (Fsp3) is 0.357. The van der Waals surface area contributed by atoms with Gasteiger partial charge in [0.15, 0.2) is 0 Å². The second-order valence-corrected chi connectivity index (χ2v) is 13.0. The topological polar surface area (TPSA) is 3.24 Å².